The zero-order valence-electron chi connectivity index (χ0n) is 11.0. The Hall–Kier alpha value is -1.07. The molecule has 1 heterocycles. The standard InChI is InChI=1S/C14H15BrClNO3/c1-14(13(19)20)6-3-7-17(8-14)12(18)9-4-2-5-10(15)11(9)16/h2,4-5H,3,6-8H2,1H3,(H,19,20). The molecule has 0 radical (unpaired) electrons. The Bertz CT molecular complexity index is 563. The minimum absolute atomic E-state index is 0.212. The van der Waals surface area contributed by atoms with Crippen molar-refractivity contribution in [3.8, 4) is 0 Å². The zero-order chi connectivity index (χ0) is 14.9. The molecule has 1 aromatic rings. The number of aliphatic carboxylic acids is 1. The molecule has 4 nitrogen and oxygen atoms in total. The zero-order valence-corrected chi connectivity index (χ0v) is 13.4. The van der Waals surface area contributed by atoms with Gasteiger partial charge >= 0.3 is 5.97 Å². The lowest BCUT2D eigenvalue weighted by Gasteiger charge is -2.37. The van der Waals surface area contributed by atoms with Crippen molar-refractivity contribution in [3.63, 3.8) is 0 Å². The van der Waals surface area contributed by atoms with Gasteiger partial charge < -0.3 is 10.0 Å². The molecule has 1 unspecified atom stereocenters. The number of amides is 1. The Morgan fingerprint density at radius 2 is 2.15 bits per heavy atom. The highest BCUT2D eigenvalue weighted by Gasteiger charge is 2.39. The van der Waals surface area contributed by atoms with Crippen LogP contribution in [0.1, 0.15) is 30.1 Å². The second-order valence-electron chi connectivity index (χ2n) is 5.30. The summed E-state index contributed by atoms with van der Waals surface area (Å²) < 4.78 is 0.656. The molecular formula is C14H15BrClNO3. The molecule has 0 aliphatic carbocycles. The molecule has 0 saturated carbocycles. The van der Waals surface area contributed by atoms with Crippen LogP contribution in [-0.4, -0.2) is 35.0 Å². The first-order valence-electron chi connectivity index (χ1n) is 6.32. The summed E-state index contributed by atoms with van der Waals surface area (Å²) in [4.78, 5) is 25.4. The van der Waals surface area contributed by atoms with Crippen molar-refractivity contribution in [2.45, 2.75) is 19.8 Å². The molecule has 0 bridgehead atoms. The third kappa shape index (κ3) is 2.83. The highest BCUT2D eigenvalue weighted by Crippen LogP contribution is 2.32. The van der Waals surface area contributed by atoms with Gasteiger partial charge in [-0.1, -0.05) is 17.7 Å². The van der Waals surface area contributed by atoms with Gasteiger partial charge in [-0.3, -0.25) is 9.59 Å². The highest BCUT2D eigenvalue weighted by molar-refractivity contribution is 9.10. The fourth-order valence-electron chi connectivity index (χ4n) is 2.43. The molecule has 1 fully saturated rings. The summed E-state index contributed by atoms with van der Waals surface area (Å²) in [6.07, 6.45) is 1.26. The van der Waals surface area contributed by atoms with E-state index in [1.807, 2.05) is 0 Å². The van der Waals surface area contributed by atoms with E-state index in [2.05, 4.69) is 15.9 Å². The summed E-state index contributed by atoms with van der Waals surface area (Å²) in [5, 5.41) is 9.66. The van der Waals surface area contributed by atoms with Crippen LogP contribution < -0.4 is 0 Å². The van der Waals surface area contributed by atoms with Crippen LogP contribution in [0.4, 0.5) is 0 Å². The molecule has 1 aromatic carbocycles. The van der Waals surface area contributed by atoms with Crippen molar-refractivity contribution in [3.05, 3.63) is 33.3 Å². The van der Waals surface area contributed by atoms with E-state index in [0.717, 1.165) is 0 Å². The van der Waals surface area contributed by atoms with Crippen LogP contribution in [0.5, 0.6) is 0 Å². The van der Waals surface area contributed by atoms with Crippen molar-refractivity contribution >= 4 is 39.4 Å². The van der Waals surface area contributed by atoms with Gasteiger partial charge in [0.1, 0.15) is 0 Å². The van der Waals surface area contributed by atoms with E-state index in [-0.39, 0.29) is 12.5 Å². The van der Waals surface area contributed by atoms with Crippen LogP contribution in [0.2, 0.25) is 5.02 Å². The minimum atomic E-state index is -0.883. The van der Waals surface area contributed by atoms with E-state index in [1.165, 1.54) is 0 Å². The quantitative estimate of drug-likeness (QED) is 0.879. The number of hydrogen-bond donors (Lipinski definition) is 1. The molecule has 0 spiro atoms. The first kappa shape index (κ1) is 15.3. The van der Waals surface area contributed by atoms with Crippen LogP contribution in [0.3, 0.4) is 0 Å². The number of likely N-dealkylation sites (tertiary alicyclic amines) is 1. The Morgan fingerprint density at radius 3 is 2.80 bits per heavy atom. The SMILES string of the molecule is CC1(C(=O)O)CCCN(C(=O)c2cccc(Br)c2Cl)C1. The molecule has 1 aliphatic rings. The van der Waals surface area contributed by atoms with Gasteiger partial charge in [-0.25, -0.2) is 0 Å². The van der Waals surface area contributed by atoms with E-state index in [4.69, 9.17) is 11.6 Å². The van der Waals surface area contributed by atoms with Crippen molar-refractivity contribution < 1.29 is 14.7 Å². The number of piperidine rings is 1. The Morgan fingerprint density at radius 1 is 1.45 bits per heavy atom. The number of carboxylic acids is 1. The summed E-state index contributed by atoms with van der Waals surface area (Å²) in [5.74, 6) is -1.08. The first-order valence-corrected chi connectivity index (χ1v) is 7.49. The number of rotatable bonds is 2. The number of benzene rings is 1. The van der Waals surface area contributed by atoms with Crippen molar-refractivity contribution in [1.29, 1.82) is 0 Å². The molecule has 20 heavy (non-hydrogen) atoms. The van der Waals surface area contributed by atoms with Crippen LogP contribution in [0.25, 0.3) is 0 Å². The number of carbonyl (C=O) groups is 2. The normalized spacial score (nSPS) is 22.6. The molecule has 1 N–H and O–H groups in total. The lowest BCUT2D eigenvalue weighted by Crippen LogP contribution is -2.48. The van der Waals surface area contributed by atoms with E-state index in [0.29, 0.717) is 34.4 Å². The topological polar surface area (TPSA) is 57.6 Å². The number of halogens is 2. The van der Waals surface area contributed by atoms with Gasteiger partial charge in [-0.05, 0) is 47.8 Å². The van der Waals surface area contributed by atoms with Crippen LogP contribution in [0, 0.1) is 5.41 Å². The van der Waals surface area contributed by atoms with Gasteiger partial charge in [0, 0.05) is 17.6 Å². The molecule has 0 aromatic heterocycles. The average molecular weight is 361 g/mol. The van der Waals surface area contributed by atoms with Gasteiger partial charge in [0.25, 0.3) is 5.91 Å². The maximum atomic E-state index is 12.5. The maximum Gasteiger partial charge on any atom is 0.311 e. The fraction of sp³-hybridized carbons (Fsp3) is 0.429. The minimum Gasteiger partial charge on any atom is -0.481 e. The second-order valence-corrected chi connectivity index (χ2v) is 6.53. The summed E-state index contributed by atoms with van der Waals surface area (Å²) in [5.41, 5.74) is -0.484. The first-order chi connectivity index (χ1) is 9.35. The number of carboxylic acid groups (broad SMARTS) is 1. The van der Waals surface area contributed by atoms with Crippen molar-refractivity contribution in [2.75, 3.05) is 13.1 Å². The van der Waals surface area contributed by atoms with Gasteiger partial charge in [0.15, 0.2) is 0 Å². The number of carbonyl (C=O) groups excluding carboxylic acids is 1. The maximum absolute atomic E-state index is 12.5. The van der Waals surface area contributed by atoms with E-state index in [1.54, 1.807) is 30.0 Å². The van der Waals surface area contributed by atoms with Crippen molar-refractivity contribution in [1.82, 2.24) is 4.90 Å². The summed E-state index contributed by atoms with van der Waals surface area (Å²) in [7, 11) is 0. The van der Waals surface area contributed by atoms with Gasteiger partial charge in [0.2, 0.25) is 0 Å². The Labute approximate surface area is 130 Å². The van der Waals surface area contributed by atoms with Crippen LogP contribution in [-0.2, 0) is 4.79 Å². The lowest BCUT2D eigenvalue weighted by atomic mass is 9.82. The third-order valence-corrected chi connectivity index (χ3v) is 4.98. The lowest BCUT2D eigenvalue weighted by molar-refractivity contribution is -0.150. The predicted molar refractivity (Wildman–Crippen MR) is 80.0 cm³/mol. The second kappa shape index (κ2) is 5.74. The third-order valence-electron chi connectivity index (χ3n) is 3.68. The smallest absolute Gasteiger partial charge is 0.311 e. The molecule has 1 saturated heterocycles. The van der Waals surface area contributed by atoms with Crippen LogP contribution in [0.15, 0.2) is 22.7 Å². The monoisotopic (exact) mass is 359 g/mol. The molecule has 108 valence electrons. The van der Waals surface area contributed by atoms with Crippen molar-refractivity contribution in [2.24, 2.45) is 5.41 Å². The van der Waals surface area contributed by atoms with E-state index in [9.17, 15) is 14.7 Å². The summed E-state index contributed by atoms with van der Waals surface area (Å²) in [6, 6.07) is 5.16. The summed E-state index contributed by atoms with van der Waals surface area (Å²) in [6.45, 7) is 2.45. The molecular weight excluding hydrogens is 346 g/mol. The fourth-order valence-corrected chi connectivity index (χ4v) is 3.00. The molecule has 1 amide bonds. The van der Waals surface area contributed by atoms with Gasteiger partial charge in [-0.2, -0.15) is 0 Å². The van der Waals surface area contributed by atoms with Gasteiger partial charge in [-0.15, -0.1) is 0 Å². The Balaban J connectivity index is 2.25. The summed E-state index contributed by atoms with van der Waals surface area (Å²) >= 11 is 9.42. The largest absolute Gasteiger partial charge is 0.481 e. The number of hydrogen-bond acceptors (Lipinski definition) is 2. The molecule has 2 rings (SSSR count). The van der Waals surface area contributed by atoms with E-state index < -0.39 is 11.4 Å². The average Bonchev–Trinajstić information content (AvgIpc) is 2.41. The van der Waals surface area contributed by atoms with Gasteiger partial charge in [0.05, 0.1) is 16.0 Å². The Kier molecular flexibility index (Phi) is 4.39. The molecule has 1 aliphatic heterocycles. The molecule has 6 heteroatoms. The number of nitrogens with zero attached hydrogens (tertiary/aromatic N) is 1. The predicted octanol–water partition coefficient (Wildman–Crippen LogP) is 3.43. The van der Waals surface area contributed by atoms with Crippen LogP contribution >= 0.6 is 27.5 Å². The van der Waals surface area contributed by atoms with E-state index >= 15 is 0 Å². The molecule has 1 atom stereocenters. The highest BCUT2D eigenvalue weighted by atomic mass is 79.9.